The maximum absolute atomic E-state index is 12.5. The molecule has 0 bridgehead atoms. The van der Waals surface area contributed by atoms with Crippen LogP contribution in [0.2, 0.25) is 0 Å². The van der Waals surface area contributed by atoms with Crippen molar-refractivity contribution < 1.29 is 4.79 Å². The van der Waals surface area contributed by atoms with Crippen LogP contribution in [0.1, 0.15) is 51.1 Å². The van der Waals surface area contributed by atoms with E-state index in [4.69, 9.17) is 0 Å². The topological polar surface area (TPSA) is 45.2 Å². The van der Waals surface area contributed by atoms with Gasteiger partial charge in [0.15, 0.2) is 0 Å². The van der Waals surface area contributed by atoms with Gasteiger partial charge in [0, 0.05) is 11.4 Å². The second-order valence-corrected chi connectivity index (χ2v) is 8.79. The van der Waals surface area contributed by atoms with Crippen LogP contribution in [0.4, 0.5) is 0 Å². The number of aromatic nitrogens is 1. The fourth-order valence-corrected chi connectivity index (χ4v) is 4.94. The van der Waals surface area contributed by atoms with Crippen molar-refractivity contribution in [3.63, 3.8) is 0 Å². The van der Waals surface area contributed by atoms with Gasteiger partial charge in [0.1, 0.15) is 4.88 Å². The first-order valence-electron chi connectivity index (χ1n) is 8.54. The maximum atomic E-state index is 12.5. The minimum Gasteiger partial charge on any atom is -0.349 e. The first kappa shape index (κ1) is 17.6. The molecular formula is C18H25N3OS2. The van der Waals surface area contributed by atoms with Gasteiger partial charge < -0.3 is 5.32 Å². The molecule has 1 saturated heterocycles. The van der Waals surface area contributed by atoms with Gasteiger partial charge in [0.05, 0.1) is 16.7 Å². The third kappa shape index (κ3) is 4.05. The third-order valence-electron chi connectivity index (χ3n) is 4.70. The first-order chi connectivity index (χ1) is 11.5. The molecule has 24 heavy (non-hydrogen) atoms. The van der Waals surface area contributed by atoms with Gasteiger partial charge in [-0.25, -0.2) is 4.98 Å². The monoisotopic (exact) mass is 363 g/mol. The van der Waals surface area contributed by atoms with Crippen LogP contribution in [0.5, 0.6) is 0 Å². The summed E-state index contributed by atoms with van der Waals surface area (Å²) >= 11 is 3.25. The van der Waals surface area contributed by atoms with E-state index < -0.39 is 0 Å². The second-order valence-electron chi connectivity index (χ2n) is 6.61. The number of hydrogen-bond acceptors (Lipinski definition) is 5. The number of hydrogen-bond donors (Lipinski definition) is 1. The Bertz CT molecular complexity index is 673. The average molecular weight is 364 g/mol. The van der Waals surface area contributed by atoms with Crippen LogP contribution in [-0.2, 0) is 0 Å². The highest BCUT2D eigenvalue weighted by Gasteiger charge is 2.26. The Labute approximate surface area is 151 Å². The number of rotatable bonds is 5. The summed E-state index contributed by atoms with van der Waals surface area (Å²) < 4.78 is 0. The lowest BCUT2D eigenvalue weighted by Gasteiger charge is -2.36. The molecule has 1 unspecified atom stereocenters. The standard InChI is InChI=1S/C18H25N3OS2/c1-12-6-8-21(9-7-12)15(16-5-4-10-23-16)11-19-18(22)17-13(2)20-14(3)24-17/h4-5,10,12,15H,6-9,11H2,1-3H3,(H,19,22). The van der Waals surface area contributed by atoms with Gasteiger partial charge in [-0.3, -0.25) is 9.69 Å². The van der Waals surface area contributed by atoms with E-state index >= 15 is 0 Å². The van der Waals surface area contributed by atoms with E-state index in [2.05, 4.69) is 39.6 Å². The molecule has 1 N–H and O–H groups in total. The molecule has 2 aromatic heterocycles. The summed E-state index contributed by atoms with van der Waals surface area (Å²) in [5, 5.41) is 6.21. The fraction of sp³-hybridized carbons (Fsp3) is 0.556. The molecule has 0 aromatic carbocycles. The quantitative estimate of drug-likeness (QED) is 0.872. The van der Waals surface area contributed by atoms with E-state index in [1.54, 1.807) is 11.3 Å². The largest absolute Gasteiger partial charge is 0.349 e. The van der Waals surface area contributed by atoms with Gasteiger partial charge in [0.2, 0.25) is 0 Å². The lowest BCUT2D eigenvalue weighted by molar-refractivity contribution is 0.0918. The molecule has 1 fully saturated rings. The predicted octanol–water partition coefficient (Wildman–Crippen LogP) is 4.02. The lowest BCUT2D eigenvalue weighted by Crippen LogP contribution is -2.41. The molecule has 3 heterocycles. The molecule has 6 heteroatoms. The molecule has 1 atom stereocenters. The van der Waals surface area contributed by atoms with Crippen molar-refractivity contribution >= 4 is 28.6 Å². The number of likely N-dealkylation sites (tertiary alicyclic amines) is 1. The molecule has 2 aromatic rings. The Kier molecular flexibility index (Phi) is 5.69. The highest BCUT2D eigenvalue weighted by Crippen LogP contribution is 2.29. The van der Waals surface area contributed by atoms with E-state index in [1.807, 2.05) is 13.8 Å². The molecule has 0 aliphatic carbocycles. The predicted molar refractivity (Wildman–Crippen MR) is 101 cm³/mol. The van der Waals surface area contributed by atoms with Crippen LogP contribution in [0.25, 0.3) is 0 Å². The maximum Gasteiger partial charge on any atom is 0.263 e. The number of aryl methyl sites for hydroxylation is 2. The van der Waals surface area contributed by atoms with Gasteiger partial charge in [-0.05, 0) is 57.1 Å². The van der Waals surface area contributed by atoms with Crippen molar-refractivity contribution in [1.82, 2.24) is 15.2 Å². The van der Waals surface area contributed by atoms with Crippen molar-refractivity contribution in [2.45, 2.75) is 39.7 Å². The Morgan fingerprint density at radius 2 is 2.17 bits per heavy atom. The minimum absolute atomic E-state index is 0.00466. The number of thiazole rings is 1. The molecule has 1 amide bonds. The molecule has 4 nitrogen and oxygen atoms in total. The lowest BCUT2D eigenvalue weighted by atomic mass is 9.97. The van der Waals surface area contributed by atoms with Crippen LogP contribution in [0, 0.1) is 19.8 Å². The summed E-state index contributed by atoms with van der Waals surface area (Å²) in [5.74, 6) is 0.813. The van der Waals surface area contributed by atoms with E-state index in [0.717, 1.165) is 34.6 Å². The number of piperidine rings is 1. The Balaban J connectivity index is 1.68. The average Bonchev–Trinajstić information content (AvgIpc) is 3.19. The molecule has 3 rings (SSSR count). The summed E-state index contributed by atoms with van der Waals surface area (Å²) in [6.07, 6.45) is 2.48. The molecule has 130 valence electrons. The second kappa shape index (κ2) is 7.76. The summed E-state index contributed by atoms with van der Waals surface area (Å²) in [5.41, 5.74) is 0.828. The molecule has 0 spiro atoms. The molecule has 0 saturated carbocycles. The highest BCUT2D eigenvalue weighted by atomic mass is 32.1. The summed E-state index contributed by atoms with van der Waals surface area (Å²) in [7, 11) is 0. The van der Waals surface area contributed by atoms with Crippen LogP contribution in [0.15, 0.2) is 17.5 Å². The summed E-state index contributed by atoms with van der Waals surface area (Å²) in [6.45, 7) is 9.05. The van der Waals surface area contributed by atoms with Crippen molar-refractivity contribution in [2.75, 3.05) is 19.6 Å². The zero-order valence-electron chi connectivity index (χ0n) is 14.5. The van der Waals surface area contributed by atoms with Gasteiger partial charge in [-0.1, -0.05) is 13.0 Å². The number of nitrogens with zero attached hydrogens (tertiary/aromatic N) is 2. The zero-order valence-corrected chi connectivity index (χ0v) is 16.2. The minimum atomic E-state index is 0.00466. The Hall–Kier alpha value is -1.24. The van der Waals surface area contributed by atoms with Crippen LogP contribution < -0.4 is 5.32 Å². The van der Waals surface area contributed by atoms with Crippen LogP contribution >= 0.6 is 22.7 Å². The molecule has 0 radical (unpaired) electrons. The van der Waals surface area contributed by atoms with Gasteiger partial charge in [0.25, 0.3) is 5.91 Å². The number of nitrogens with one attached hydrogen (secondary N) is 1. The van der Waals surface area contributed by atoms with Gasteiger partial charge >= 0.3 is 0 Å². The van der Waals surface area contributed by atoms with Crippen molar-refractivity contribution in [3.05, 3.63) is 38.0 Å². The number of thiophene rings is 1. The summed E-state index contributed by atoms with van der Waals surface area (Å²) in [4.78, 5) is 21.5. The van der Waals surface area contributed by atoms with E-state index in [1.165, 1.54) is 29.1 Å². The highest BCUT2D eigenvalue weighted by molar-refractivity contribution is 7.13. The molecule has 1 aliphatic heterocycles. The summed E-state index contributed by atoms with van der Waals surface area (Å²) in [6, 6.07) is 4.55. The SMILES string of the molecule is Cc1nc(C)c(C(=O)NCC(c2cccs2)N2CCC(C)CC2)s1. The zero-order chi connectivity index (χ0) is 17.1. The van der Waals surface area contributed by atoms with Gasteiger partial charge in [-0.15, -0.1) is 22.7 Å². The van der Waals surface area contributed by atoms with E-state index in [0.29, 0.717) is 6.54 Å². The number of carbonyl (C=O) groups excluding carboxylic acids is 1. The number of carbonyl (C=O) groups is 1. The van der Waals surface area contributed by atoms with Crippen LogP contribution in [-0.4, -0.2) is 35.4 Å². The van der Waals surface area contributed by atoms with Crippen LogP contribution in [0.3, 0.4) is 0 Å². The Morgan fingerprint density at radius 3 is 2.75 bits per heavy atom. The van der Waals surface area contributed by atoms with Gasteiger partial charge in [-0.2, -0.15) is 0 Å². The smallest absolute Gasteiger partial charge is 0.263 e. The molecule has 1 aliphatic rings. The fourth-order valence-electron chi connectivity index (χ4n) is 3.24. The first-order valence-corrected chi connectivity index (χ1v) is 10.2. The van der Waals surface area contributed by atoms with Crippen molar-refractivity contribution in [1.29, 1.82) is 0 Å². The van der Waals surface area contributed by atoms with E-state index in [-0.39, 0.29) is 11.9 Å². The van der Waals surface area contributed by atoms with Crippen molar-refractivity contribution in [2.24, 2.45) is 5.92 Å². The Morgan fingerprint density at radius 1 is 1.42 bits per heavy atom. The van der Waals surface area contributed by atoms with E-state index in [9.17, 15) is 4.79 Å². The third-order valence-corrected chi connectivity index (χ3v) is 6.74. The van der Waals surface area contributed by atoms with Crippen molar-refractivity contribution in [3.8, 4) is 0 Å². The normalized spacial score (nSPS) is 17.8. The number of amides is 1. The molecular weight excluding hydrogens is 338 g/mol.